The number of halogens is 1. The molecular weight excluding hydrogens is 377 g/mol. The molecule has 1 aromatic carbocycles. The van der Waals surface area contributed by atoms with E-state index in [1.807, 2.05) is 6.92 Å². The zero-order chi connectivity index (χ0) is 20.9. The van der Waals surface area contributed by atoms with Gasteiger partial charge in [-0.05, 0) is 37.0 Å². The number of nitrogen functional groups attached to an aromatic ring is 1. The van der Waals surface area contributed by atoms with Crippen LogP contribution >= 0.6 is 0 Å². The second-order valence-electron chi connectivity index (χ2n) is 7.56. The zero-order valence-electron chi connectivity index (χ0n) is 16.3. The first-order valence-electron chi connectivity index (χ1n) is 9.57. The number of aromatic nitrogens is 1. The lowest BCUT2D eigenvalue weighted by atomic mass is 9.92. The molecule has 29 heavy (non-hydrogen) atoms. The van der Waals surface area contributed by atoms with Gasteiger partial charge in [0.1, 0.15) is 12.4 Å². The Morgan fingerprint density at radius 3 is 2.90 bits per heavy atom. The van der Waals surface area contributed by atoms with Crippen LogP contribution in [0.2, 0.25) is 0 Å². The van der Waals surface area contributed by atoms with Gasteiger partial charge in [-0.3, -0.25) is 9.78 Å². The molecule has 0 fully saturated rings. The number of fused-ring (bicyclic) bond motifs is 4. The number of ether oxygens (including phenoxy) is 1. The van der Waals surface area contributed by atoms with Crippen LogP contribution < -0.4 is 5.73 Å². The SMILES string of the molecule is CCCc1c2c(nc3cc(F)c(N)cc13)C1CC(C)=C(COC(=O)O)C(=O)N1C2. The smallest absolute Gasteiger partial charge is 0.450 e. The summed E-state index contributed by atoms with van der Waals surface area (Å²) in [4.78, 5) is 30.2. The molecule has 2 aromatic rings. The predicted molar refractivity (Wildman–Crippen MR) is 105 cm³/mol. The van der Waals surface area contributed by atoms with Crippen LogP contribution in [0.4, 0.5) is 14.9 Å². The Labute approximate surface area is 167 Å². The van der Waals surface area contributed by atoms with E-state index in [0.717, 1.165) is 40.6 Å². The summed E-state index contributed by atoms with van der Waals surface area (Å²) in [5.41, 5.74) is 10.4. The van der Waals surface area contributed by atoms with Gasteiger partial charge in [0.15, 0.2) is 0 Å². The fraction of sp³-hybridized carbons (Fsp3) is 0.381. The molecule has 1 unspecified atom stereocenters. The Bertz CT molecular complexity index is 1080. The van der Waals surface area contributed by atoms with E-state index < -0.39 is 12.0 Å². The molecular formula is C21H22FN3O4. The number of nitrogens with two attached hydrogens (primary N) is 1. The summed E-state index contributed by atoms with van der Waals surface area (Å²) in [6.07, 6.45) is 0.778. The number of rotatable bonds is 4. The van der Waals surface area contributed by atoms with Gasteiger partial charge in [-0.1, -0.05) is 18.9 Å². The third kappa shape index (κ3) is 3.08. The van der Waals surface area contributed by atoms with Gasteiger partial charge in [0, 0.05) is 18.0 Å². The molecule has 0 aliphatic carbocycles. The van der Waals surface area contributed by atoms with Crippen molar-refractivity contribution in [2.75, 3.05) is 12.3 Å². The van der Waals surface area contributed by atoms with Crippen LogP contribution in [-0.4, -0.2) is 33.7 Å². The maximum absolute atomic E-state index is 14.1. The van der Waals surface area contributed by atoms with Gasteiger partial charge >= 0.3 is 6.16 Å². The van der Waals surface area contributed by atoms with Crippen LogP contribution in [-0.2, 0) is 22.5 Å². The van der Waals surface area contributed by atoms with Crippen molar-refractivity contribution in [1.29, 1.82) is 0 Å². The van der Waals surface area contributed by atoms with Crippen LogP contribution in [0.5, 0.6) is 0 Å². The van der Waals surface area contributed by atoms with E-state index in [4.69, 9.17) is 15.8 Å². The first kappa shape index (κ1) is 19.2. The summed E-state index contributed by atoms with van der Waals surface area (Å²) in [5.74, 6) is -0.749. The first-order valence-corrected chi connectivity index (χ1v) is 9.57. The highest BCUT2D eigenvalue weighted by molar-refractivity contribution is 5.97. The molecule has 1 amide bonds. The number of pyridine rings is 1. The lowest BCUT2D eigenvalue weighted by molar-refractivity contribution is -0.131. The van der Waals surface area contributed by atoms with E-state index >= 15 is 0 Å². The van der Waals surface area contributed by atoms with Crippen molar-refractivity contribution in [1.82, 2.24) is 9.88 Å². The molecule has 8 heteroatoms. The molecule has 0 bridgehead atoms. The maximum Gasteiger partial charge on any atom is 0.506 e. The normalized spacial score (nSPS) is 18.2. The summed E-state index contributed by atoms with van der Waals surface area (Å²) in [7, 11) is 0. The lowest BCUT2D eigenvalue weighted by Crippen LogP contribution is -2.36. The molecule has 2 aliphatic rings. The number of amides is 1. The Balaban J connectivity index is 1.81. The van der Waals surface area contributed by atoms with E-state index in [2.05, 4.69) is 11.7 Å². The minimum atomic E-state index is -1.41. The fourth-order valence-electron chi connectivity index (χ4n) is 4.35. The minimum absolute atomic E-state index is 0.0778. The Morgan fingerprint density at radius 1 is 1.45 bits per heavy atom. The average molecular weight is 399 g/mol. The van der Waals surface area contributed by atoms with Gasteiger partial charge < -0.3 is 20.5 Å². The number of benzene rings is 1. The molecule has 0 spiro atoms. The largest absolute Gasteiger partial charge is 0.506 e. The lowest BCUT2D eigenvalue weighted by Gasteiger charge is -2.31. The van der Waals surface area contributed by atoms with E-state index in [9.17, 15) is 14.0 Å². The third-order valence-electron chi connectivity index (χ3n) is 5.75. The highest BCUT2D eigenvalue weighted by Crippen LogP contribution is 2.44. The number of anilines is 1. The van der Waals surface area contributed by atoms with E-state index in [1.165, 1.54) is 6.07 Å². The number of carbonyl (C=O) groups excluding carboxylic acids is 1. The number of hydrogen-bond acceptors (Lipinski definition) is 5. The minimum Gasteiger partial charge on any atom is -0.450 e. The van der Waals surface area contributed by atoms with Crippen molar-refractivity contribution in [2.45, 2.75) is 45.7 Å². The van der Waals surface area contributed by atoms with Crippen molar-refractivity contribution >= 4 is 28.7 Å². The van der Waals surface area contributed by atoms with Gasteiger partial charge in [0.2, 0.25) is 0 Å². The topological polar surface area (TPSA) is 106 Å². The standard InChI is InChI=1S/C21H22FN3O4/c1-3-4-11-12-6-16(23)15(22)7-17(12)24-19-13(11)8-25-18(19)5-10(2)14(20(25)26)9-29-21(27)28/h6-7,18H,3-5,8-9,23H2,1-2H3,(H,27,28). The summed E-state index contributed by atoms with van der Waals surface area (Å²) < 4.78 is 18.7. The molecule has 0 saturated carbocycles. The summed E-state index contributed by atoms with van der Waals surface area (Å²) in [6.45, 7) is 3.99. The van der Waals surface area contributed by atoms with Crippen molar-refractivity contribution in [3.8, 4) is 0 Å². The van der Waals surface area contributed by atoms with Crippen molar-refractivity contribution in [2.24, 2.45) is 0 Å². The number of nitrogens with zero attached hydrogens (tertiary/aromatic N) is 2. The first-order chi connectivity index (χ1) is 13.8. The highest BCUT2D eigenvalue weighted by Gasteiger charge is 2.41. The van der Waals surface area contributed by atoms with Crippen LogP contribution in [0, 0.1) is 5.82 Å². The Hall–Kier alpha value is -3.16. The van der Waals surface area contributed by atoms with Crippen LogP contribution in [0.15, 0.2) is 23.3 Å². The zero-order valence-corrected chi connectivity index (χ0v) is 16.3. The molecule has 0 saturated heterocycles. The summed E-state index contributed by atoms with van der Waals surface area (Å²) in [5, 5.41) is 9.59. The predicted octanol–water partition coefficient (Wildman–Crippen LogP) is 3.71. The van der Waals surface area contributed by atoms with Crippen LogP contribution in [0.3, 0.4) is 0 Å². The quantitative estimate of drug-likeness (QED) is 0.600. The molecule has 2 aliphatic heterocycles. The number of carbonyl (C=O) groups is 2. The van der Waals surface area contributed by atoms with E-state index in [1.54, 1.807) is 11.0 Å². The van der Waals surface area contributed by atoms with E-state index in [0.29, 0.717) is 24.1 Å². The fourth-order valence-corrected chi connectivity index (χ4v) is 4.35. The van der Waals surface area contributed by atoms with Crippen LogP contribution in [0.25, 0.3) is 10.9 Å². The molecule has 1 aromatic heterocycles. The highest BCUT2D eigenvalue weighted by atomic mass is 19.1. The van der Waals surface area contributed by atoms with Crippen molar-refractivity contribution in [3.63, 3.8) is 0 Å². The number of carboxylic acid groups (broad SMARTS) is 1. The van der Waals surface area contributed by atoms with E-state index in [-0.39, 0.29) is 24.2 Å². The molecule has 152 valence electrons. The van der Waals surface area contributed by atoms with Gasteiger partial charge in [0.25, 0.3) is 5.91 Å². The van der Waals surface area contributed by atoms with Gasteiger partial charge in [-0.25, -0.2) is 9.18 Å². The molecule has 3 N–H and O–H groups in total. The average Bonchev–Trinajstić information content (AvgIpc) is 3.01. The van der Waals surface area contributed by atoms with Gasteiger partial charge in [-0.15, -0.1) is 0 Å². The summed E-state index contributed by atoms with van der Waals surface area (Å²) >= 11 is 0. The summed E-state index contributed by atoms with van der Waals surface area (Å²) in [6, 6.07) is 2.73. The Morgan fingerprint density at radius 2 is 2.21 bits per heavy atom. The monoisotopic (exact) mass is 399 g/mol. The number of aryl methyl sites for hydroxylation is 1. The Kier molecular flexibility index (Phi) is 4.64. The number of hydrogen-bond donors (Lipinski definition) is 2. The van der Waals surface area contributed by atoms with Crippen molar-refractivity contribution in [3.05, 3.63) is 45.9 Å². The molecule has 3 heterocycles. The van der Waals surface area contributed by atoms with Crippen LogP contribution in [0.1, 0.15) is 49.6 Å². The second-order valence-corrected chi connectivity index (χ2v) is 7.56. The molecule has 4 rings (SSSR count). The van der Waals surface area contributed by atoms with Crippen molar-refractivity contribution < 1.29 is 23.8 Å². The second kappa shape index (κ2) is 7.02. The molecule has 1 atom stereocenters. The van der Waals surface area contributed by atoms with Gasteiger partial charge in [0.05, 0.1) is 28.5 Å². The molecule has 0 radical (unpaired) electrons. The maximum atomic E-state index is 14.1. The van der Waals surface area contributed by atoms with Gasteiger partial charge in [-0.2, -0.15) is 0 Å². The molecule has 7 nitrogen and oxygen atoms in total. The third-order valence-corrected chi connectivity index (χ3v) is 5.75.